The van der Waals surface area contributed by atoms with Crippen LogP contribution in [0.3, 0.4) is 0 Å². The predicted molar refractivity (Wildman–Crippen MR) is 50.4 cm³/mol. The fourth-order valence-electron chi connectivity index (χ4n) is 1.03. The van der Waals surface area contributed by atoms with Crippen LogP contribution in [-0.4, -0.2) is 0 Å². The highest BCUT2D eigenvalue weighted by Gasteiger charge is 1.96. The van der Waals surface area contributed by atoms with E-state index in [0.717, 1.165) is 5.56 Å². The van der Waals surface area contributed by atoms with Crippen LogP contribution < -0.4 is 0 Å². The molecule has 0 spiro atoms. The van der Waals surface area contributed by atoms with Gasteiger partial charge in [0.2, 0.25) is 0 Å². The number of allylic oxidation sites excluding steroid dienone is 1. The molecule has 13 heavy (non-hydrogen) atoms. The molecule has 1 aromatic carbocycles. The lowest BCUT2D eigenvalue weighted by molar-refractivity contribution is 0.624. The zero-order chi connectivity index (χ0) is 9.68. The van der Waals surface area contributed by atoms with Crippen LogP contribution in [0.25, 0.3) is 6.08 Å². The van der Waals surface area contributed by atoms with Gasteiger partial charge in [-0.15, -0.1) is 0 Å². The predicted octanol–water partition coefficient (Wildman–Crippen LogP) is 3.06. The van der Waals surface area contributed by atoms with E-state index in [2.05, 4.69) is 0 Å². The Labute approximate surface area is 77.1 Å². The molecule has 0 atom stereocenters. The molecule has 0 radical (unpaired) electrons. The monoisotopic (exact) mass is 175 g/mol. The highest BCUT2D eigenvalue weighted by Crippen LogP contribution is 2.11. The Kier molecular flexibility index (Phi) is 3.22. The van der Waals surface area contributed by atoms with Crippen molar-refractivity contribution in [1.29, 1.82) is 5.26 Å². The summed E-state index contributed by atoms with van der Waals surface area (Å²) in [7, 11) is 0. The van der Waals surface area contributed by atoms with Crippen molar-refractivity contribution < 1.29 is 4.39 Å². The standard InChI is InChI=1S/C11H10FN/c1-9-5-6-11(12)10(8-9)4-2-3-7-13/h2,4-6,8H,3H2,1H3. The first kappa shape index (κ1) is 9.47. The molecule has 0 aromatic heterocycles. The number of hydrogen-bond donors (Lipinski definition) is 0. The highest BCUT2D eigenvalue weighted by molar-refractivity contribution is 5.51. The third-order valence-electron chi connectivity index (χ3n) is 1.66. The van der Waals surface area contributed by atoms with E-state index in [9.17, 15) is 4.39 Å². The fourth-order valence-corrected chi connectivity index (χ4v) is 1.03. The Morgan fingerprint density at radius 3 is 3.00 bits per heavy atom. The number of rotatable bonds is 2. The maximum absolute atomic E-state index is 13.1. The largest absolute Gasteiger partial charge is 0.206 e. The van der Waals surface area contributed by atoms with Gasteiger partial charge >= 0.3 is 0 Å². The van der Waals surface area contributed by atoms with E-state index in [0.29, 0.717) is 12.0 Å². The lowest BCUT2D eigenvalue weighted by Crippen LogP contribution is -1.82. The molecule has 66 valence electrons. The minimum Gasteiger partial charge on any atom is -0.206 e. The second-order valence-corrected chi connectivity index (χ2v) is 2.79. The molecule has 0 amide bonds. The van der Waals surface area contributed by atoms with Crippen molar-refractivity contribution in [1.82, 2.24) is 0 Å². The summed E-state index contributed by atoms with van der Waals surface area (Å²) >= 11 is 0. The molecule has 0 aliphatic carbocycles. The van der Waals surface area contributed by atoms with Gasteiger partial charge in [-0.3, -0.25) is 0 Å². The van der Waals surface area contributed by atoms with Gasteiger partial charge in [-0.1, -0.05) is 23.8 Å². The molecule has 0 saturated carbocycles. The maximum atomic E-state index is 13.1. The molecule has 2 heteroatoms. The molecule has 1 nitrogen and oxygen atoms in total. The number of aryl methyl sites for hydroxylation is 1. The summed E-state index contributed by atoms with van der Waals surface area (Å²) < 4.78 is 13.1. The lowest BCUT2D eigenvalue weighted by atomic mass is 10.1. The topological polar surface area (TPSA) is 23.8 Å². The van der Waals surface area contributed by atoms with Crippen LogP contribution in [0.5, 0.6) is 0 Å². The van der Waals surface area contributed by atoms with E-state index in [-0.39, 0.29) is 5.82 Å². The normalized spacial score (nSPS) is 10.2. The lowest BCUT2D eigenvalue weighted by Gasteiger charge is -1.97. The third-order valence-corrected chi connectivity index (χ3v) is 1.66. The van der Waals surface area contributed by atoms with Gasteiger partial charge < -0.3 is 0 Å². The summed E-state index contributed by atoms with van der Waals surface area (Å²) in [6, 6.07) is 6.87. The summed E-state index contributed by atoms with van der Waals surface area (Å²) in [6.07, 6.45) is 3.59. The van der Waals surface area contributed by atoms with Gasteiger partial charge in [0.15, 0.2) is 0 Å². The van der Waals surface area contributed by atoms with E-state index in [1.807, 2.05) is 13.0 Å². The number of benzene rings is 1. The van der Waals surface area contributed by atoms with E-state index in [1.165, 1.54) is 6.07 Å². The van der Waals surface area contributed by atoms with Gasteiger partial charge in [0, 0.05) is 5.56 Å². The summed E-state index contributed by atoms with van der Waals surface area (Å²) in [5.41, 5.74) is 1.55. The minimum atomic E-state index is -0.250. The maximum Gasteiger partial charge on any atom is 0.130 e. The first-order valence-corrected chi connectivity index (χ1v) is 4.03. The van der Waals surface area contributed by atoms with Crippen LogP contribution in [0.2, 0.25) is 0 Å². The van der Waals surface area contributed by atoms with Crippen molar-refractivity contribution in [2.75, 3.05) is 0 Å². The molecular weight excluding hydrogens is 165 g/mol. The Morgan fingerprint density at radius 1 is 1.54 bits per heavy atom. The molecule has 0 fully saturated rings. The molecule has 0 unspecified atom stereocenters. The van der Waals surface area contributed by atoms with Crippen LogP contribution >= 0.6 is 0 Å². The Morgan fingerprint density at radius 2 is 2.31 bits per heavy atom. The first-order chi connectivity index (χ1) is 6.24. The third kappa shape index (κ3) is 2.72. The zero-order valence-electron chi connectivity index (χ0n) is 7.42. The summed E-state index contributed by atoms with van der Waals surface area (Å²) in [4.78, 5) is 0. The molecule has 1 rings (SSSR count). The number of nitrogens with zero attached hydrogens (tertiary/aromatic N) is 1. The molecule has 0 N–H and O–H groups in total. The van der Waals surface area contributed by atoms with E-state index < -0.39 is 0 Å². The Bertz CT molecular complexity index is 361. The molecule has 0 aliphatic heterocycles. The molecular formula is C11H10FN. The smallest absolute Gasteiger partial charge is 0.130 e. The van der Waals surface area contributed by atoms with Crippen molar-refractivity contribution >= 4 is 6.08 Å². The van der Waals surface area contributed by atoms with Gasteiger partial charge in [0.05, 0.1) is 12.5 Å². The second-order valence-electron chi connectivity index (χ2n) is 2.79. The van der Waals surface area contributed by atoms with Crippen LogP contribution in [-0.2, 0) is 0 Å². The fraction of sp³-hybridized carbons (Fsp3) is 0.182. The van der Waals surface area contributed by atoms with Gasteiger partial charge in [-0.2, -0.15) is 5.26 Å². The van der Waals surface area contributed by atoms with E-state index in [4.69, 9.17) is 5.26 Å². The first-order valence-electron chi connectivity index (χ1n) is 4.03. The van der Waals surface area contributed by atoms with Crippen molar-refractivity contribution in [3.8, 4) is 6.07 Å². The van der Waals surface area contributed by atoms with Crippen molar-refractivity contribution in [2.24, 2.45) is 0 Å². The number of halogens is 1. The average molecular weight is 175 g/mol. The average Bonchev–Trinajstić information content (AvgIpc) is 2.11. The number of nitriles is 1. The SMILES string of the molecule is Cc1ccc(F)c(C=CCC#N)c1. The number of hydrogen-bond acceptors (Lipinski definition) is 1. The Hall–Kier alpha value is -1.62. The van der Waals surface area contributed by atoms with E-state index >= 15 is 0 Å². The molecule has 1 aromatic rings. The van der Waals surface area contributed by atoms with Gasteiger partial charge in [-0.05, 0) is 19.1 Å². The summed E-state index contributed by atoms with van der Waals surface area (Å²) in [5, 5.41) is 8.27. The van der Waals surface area contributed by atoms with Crippen LogP contribution in [0, 0.1) is 24.1 Å². The molecule has 0 aliphatic rings. The van der Waals surface area contributed by atoms with E-state index in [1.54, 1.807) is 24.3 Å². The van der Waals surface area contributed by atoms with Crippen molar-refractivity contribution in [3.05, 3.63) is 41.2 Å². The van der Waals surface area contributed by atoms with Gasteiger partial charge in [0.25, 0.3) is 0 Å². The summed E-state index contributed by atoms with van der Waals surface area (Å²) in [6.45, 7) is 1.90. The summed E-state index contributed by atoms with van der Waals surface area (Å²) in [5.74, 6) is -0.250. The van der Waals surface area contributed by atoms with Gasteiger partial charge in [0.1, 0.15) is 5.82 Å². The van der Waals surface area contributed by atoms with Crippen molar-refractivity contribution in [3.63, 3.8) is 0 Å². The second kappa shape index (κ2) is 4.42. The van der Waals surface area contributed by atoms with Crippen LogP contribution in [0.15, 0.2) is 24.3 Å². The molecule has 0 saturated heterocycles. The minimum absolute atomic E-state index is 0.250. The zero-order valence-corrected chi connectivity index (χ0v) is 7.42. The quantitative estimate of drug-likeness (QED) is 0.677. The molecule has 0 heterocycles. The molecule has 0 bridgehead atoms. The highest BCUT2D eigenvalue weighted by atomic mass is 19.1. The van der Waals surface area contributed by atoms with Gasteiger partial charge in [-0.25, -0.2) is 4.39 Å². The van der Waals surface area contributed by atoms with Crippen molar-refractivity contribution in [2.45, 2.75) is 13.3 Å². The Balaban J connectivity index is 2.88. The van der Waals surface area contributed by atoms with Crippen LogP contribution in [0.4, 0.5) is 4.39 Å². The van der Waals surface area contributed by atoms with Crippen LogP contribution in [0.1, 0.15) is 17.5 Å².